The van der Waals surface area contributed by atoms with E-state index in [1.807, 2.05) is 0 Å². The number of carbonyl (C=O) groups is 1. The molecule has 0 bridgehead atoms. The molecule has 1 unspecified atom stereocenters. The lowest BCUT2D eigenvalue weighted by atomic mass is 9.75. The first-order chi connectivity index (χ1) is 7.79. The van der Waals surface area contributed by atoms with E-state index in [2.05, 4.69) is 11.8 Å². The third-order valence-electron chi connectivity index (χ3n) is 4.59. The van der Waals surface area contributed by atoms with Gasteiger partial charge in [-0.2, -0.15) is 0 Å². The second kappa shape index (κ2) is 5.31. The van der Waals surface area contributed by atoms with Crippen molar-refractivity contribution < 1.29 is 4.79 Å². The smallest absolute Gasteiger partial charge is 0.127 e. The molecule has 0 aromatic heterocycles. The molecule has 1 atom stereocenters. The normalized spacial score (nSPS) is 30.4. The van der Waals surface area contributed by atoms with E-state index in [0.29, 0.717) is 0 Å². The van der Waals surface area contributed by atoms with Gasteiger partial charge in [-0.1, -0.05) is 26.2 Å². The Bertz CT molecular complexity index is 233. The van der Waals surface area contributed by atoms with Gasteiger partial charge in [-0.3, -0.25) is 4.90 Å². The highest BCUT2D eigenvalue weighted by molar-refractivity contribution is 5.60. The van der Waals surface area contributed by atoms with Gasteiger partial charge in [-0.15, -0.1) is 0 Å². The van der Waals surface area contributed by atoms with Gasteiger partial charge in [0.25, 0.3) is 0 Å². The number of likely N-dealkylation sites (tertiary alicyclic amines) is 1. The number of hydrogen-bond acceptors (Lipinski definition) is 2. The van der Waals surface area contributed by atoms with Crippen LogP contribution in [0.3, 0.4) is 0 Å². The van der Waals surface area contributed by atoms with Gasteiger partial charge in [0.2, 0.25) is 0 Å². The van der Waals surface area contributed by atoms with Gasteiger partial charge in [0, 0.05) is 18.0 Å². The third-order valence-corrected chi connectivity index (χ3v) is 4.59. The van der Waals surface area contributed by atoms with Crippen molar-refractivity contribution in [3.05, 3.63) is 0 Å². The summed E-state index contributed by atoms with van der Waals surface area (Å²) < 4.78 is 0. The van der Waals surface area contributed by atoms with Crippen molar-refractivity contribution in [2.45, 2.75) is 64.3 Å². The van der Waals surface area contributed by atoms with E-state index in [0.717, 1.165) is 25.4 Å². The van der Waals surface area contributed by atoms with Crippen molar-refractivity contribution in [2.75, 3.05) is 13.1 Å². The van der Waals surface area contributed by atoms with Gasteiger partial charge in [-0.25, -0.2) is 0 Å². The fourth-order valence-electron chi connectivity index (χ4n) is 3.54. The fourth-order valence-corrected chi connectivity index (χ4v) is 3.54. The summed E-state index contributed by atoms with van der Waals surface area (Å²) in [5.74, 6) is 0. The summed E-state index contributed by atoms with van der Waals surface area (Å²) in [6, 6.07) is 0.749. The number of nitrogens with zero attached hydrogens (tertiary/aromatic N) is 1. The van der Waals surface area contributed by atoms with Crippen molar-refractivity contribution in [3.8, 4) is 0 Å². The van der Waals surface area contributed by atoms with E-state index in [4.69, 9.17) is 0 Å². The molecular weight excluding hydrogens is 198 g/mol. The molecule has 1 aliphatic carbocycles. The molecule has 2 fully saturated rings. The molecule has 1 heterocycles. The second-order valence-electron chi connectivity index (χ2n) is 5.72. The van der Waals surface area contributed by atoms with Crippen LogP contribution in [0.5, 0.6) is 0 Å². The summed E-state index contributed by atoms with van der Waals surface area (Å²) in [6.07, 6.45) is 11.3. The summed E-state index contributed by atoms with van der Waals surface area (Å²) in [7, 11) is 0. The number of carbonyl (C=O) groups excluding carboxylic acids is 1. The minimum atomic E-state index is 0.00993. The largest absolute Gasteiger partial charge is 0.303 e. The monoisotopic (exact) mass is 223 g/mol. The van der Waals surface area contributed by atoms with Crippen LogP contribution in [-0.4, -0.2) is 30.3 Å². The zero-order valence-corrected chi connectivity index (χ0v) is 10.6. The van der Waals surface area contributed by atoms with E-state index in [1.165, 1.54) is 51.4 Å². The van der Waals surface area contributed by atoms with Crippen LogP contribution >= 0.6 is 0 Å². The quantitative estimate of drug-likeness (QED) is 0.683. The molecule has 16 heavy (non-hydrogen) atoms. The number of aldehydes is 1. The molecule has 0 aromatic rings. The third kappa shape index (κ3) is 2.48. The Hall–Kier alpha value is -0.370. The number of hydrogen-bond donors (Lipinski definition) is 0. The molecule has 0 spiro atoms. The van der Waals surface area contributed by atoms with Gasteiger partial charge in [0.15, 0.2) is 0 Å². The molecule has 0 aromatic carbocycles. The van der Waals surface area contributed by atoms with Gasteiger partial charge < -0.3 is 4.79 Å². The minimum absolute atomic E-state index is 0.00993. The first kappa shape index (κ1) is 12.1. The summed E-state index contributed by atoms with van der Waals surface area (Å²) in [5, 5.41) is 0. The standard InChI is InChI=1S/C14H25NO/c1-2-13-7-6-10-15(13)11-14(12-16)8-4-3-5-9-14/h12-13H,2-11H2,1H3. The van der Waals surface area contributed by atoms with Crippen molar-refractivity contribution in [1.82, 2.24) is 4.90 Å². The lowest BCUT2D eigenvalue weighted by molar-refractivity contribution is -0.119. The summed E-state index contributed by atoms with van der Waals surface area (Å²) in [4.78, 5) is 14.0. The predicted molar refractivity (Wildman–Crippen MR) is 66.5 cm³/mol. The lowest BCUT2D eigenvalue weighted by Crippen LogP contribution is -2.42. The van der Waals surface area contributed by atoms with Crippen LogP contribution in [0.25, 0.3) is 0 Å². The second-order valence-corrected chi connectivity index (χ2v) is 5.72. The molecule has 1 saturated heterocycles. The van der Waals surface area contributed by atoms with Gasteiger partial charge in [0.05, 0.1) is 0 Å². The predicted octanol–water partition coefficient (Wildman–Crippen LogP) is 3.01. The maximum absolute atomic E-state index is 11.4. The van der Waals surface area contributed by atoms with E-state index < -0.39 is 0 Å². The summed E-state index contributed by atoms with van der Waals surface area (Å²) in [5.41, 5.74) is 0.00993. The molecule has 92 valence electrons. The maximum atomic E-state index is 11.4. The topological polar surface area (TPSA) is 20.3 Å². The van der Waals surface area contributed by atoms with Gasteiger partial charge in [0.1, 0.15) is 6.29 Å². The van der Waals surface area contributed by atoms with Crippen LogP contribution in [0.2, 0.25) is 0 Å². The Labute approximate surface area is 99.4 Å². The molecule has 2 aliphatic rings. The van der Waals surface area contributed by atoms with Crippen molar-refractivity contribution >= 4 is 6.29 Å². The van der Waals surface area contributed by atoms with E-state index in [-0.39, 0.29) is 5.41 Å². The minimum Gasteiger partial charge on any atom is -0.303 e. The average Bonchev–Trinajstić information content (AvgIpc) is 2.77. The number of rotatable bonds is 4. The molecule has 2 heteroatoms. The van der Waals surface area contributed by atoms with Crippen molar-refractivity contribution in [1.29, 1.82) is 0 Å². The average molecular weight is 223 g/mol. The van der Waals surface area contributed by atoms with E-state index in [9.17, 15) is 4.79 Å². The Morgan fingerprint density at radius 1 is 1.25 bits per heavy atom. The zero-order valence-electron chi connectivity index (χ0n) is 10.6. The molecular formula is C14H25NO. The Morgan fingerprint density at radius 3 is 2.62 bits per heavy atom. The highest BCUT2D eigenvalue weighted by Crippen LogP contribution is 2.37. The SMILES string of the molecule is CCC1CCCN1CC1(C=O)CCCCC1. The Morgan fingerprint density at radius 2 is 2.00 bits per heavy atom. The first-order valence-electron chi connectivity index (χ1n) is 7.00. The van der Waals surface area contributed by atoms with Crippen LogP contribution in [0, 0.1) is 5.41 Å². The van der Waals surface area contributed by atoms with Crippen LogP contribution < -0.4 is 0 Å². The zero-order chi connectivity index (χ0) is 11.4. The summed E-state index contributed by atoms with van der Waals surface area (Å²) in [6.45, 7) is 4.53. The van der Waals surface area contributed by atoms with Crippen LogP contribution in [0.15, 0.2) is 0 Å². The molecule has 0 N–H and O–H groups in total. The highest BCUT2D eigenvalue weighted by atomic mass is 16.1. The molecule has 2 rings (SSSR count). The van der Waals surface area contributed by atoms with Crippen molar-refractivity contribution in [2.24, 2.45) is 5.41 Å². The van der Waals surface area contributed by atoms with E-state index in [1.54, 1.807) is 0 Å². The highest BCUT2D eigenvalue weighted by Gasteiger charge is 2.36. The van der Waals surface area contributed by atoms with Crippen LogP contribution in [0.4, 0.5) is 0 Å². The molecule has 0 amide bonds. The van der Waals surface area contributed by atoms with E-state index >= 15 is 0 Å². The molecule has 1 aliphatic heterocycles. The van der Waals surface area contributed by atoms with Crippen LogP contribution in [0.1, 0.15) is 58.3 Å². The Balaban J connectivity index is 1.97. The first-order valence-corrected chi connectivity index (χ1v) is 7.00. The maximum Gasteiger partial charge on any atom is 0.127 e. The van der Waals surface area contributed by atoms with Gasteiger partial charge in [-0.05, 0) is 38.6 Å². The van der Waals surface area contributed by atoms with Crippen molar-refractivity contribution in [3.63, 3.8) is 0 Å². The Kier molecular flexibility index (Phi) is 4.01. The van der Waals surface area contributed by atoms with Crippen LogP contribution in [-0.2, 0) is 4.79 Å². The fraction of sp³-hybridized carbons (Fsp3) is 0.929. The molecule has 2 nitrogen and oxygen atoms in total. The molecule has 0 radical (unpaired) electrons. The van der Waals surface area contributed by atoms with Gasteiger partial charge >= 0.3 is 0 Å². The summed E-state index contributed by atoms with van der Waals surface area (Å²) >= 11 is 0. The molecule has 1 saturated carbocycles. The lowest BCUT2D eigenvalue weighted by Gasteiger charge is -2.37.